The maximum absolute atomic E-state index is 13.3. The molecular formula is C21H24FN5O. The van der Waals surface area contributed by atoms with Gasteiger partial charge in [-0.25, -0.2) is 9.37 Å². The number of likely N-dealkylation sites (tertiary alicyclic amines) is 1. The fourth-order valence-corrected chi connectivity index (χ4v) is 4.54. The van der Waals surface area contributed by atoms with Gasteiger partial charge in [-0.3, -0.25) is 4.90 Å². The van der Waals surface area contributed by atoms with Crippen LogP contribution in [0, 0.1) is 12.7 Å². The van der Waals surface area contributed by atoms with E-state index >= 15 is 0 Å². The number of nitrogens with one attached hydrogen (secondary N) is 1. The number of imidazole rings is 1. The van der Waals surface area contributed by atoms with E-state index in [1.807, 2.05) is 31.3 Å². The van der Waals surface area contributed by atoms with Crippen molar-refractivity contribution in [3.63, 3.8) is 0 Å². The van der Waals surface area contributed by atoms with Crippen molar-refractivity contribution in [2.45, 2.75) is 38.4 Å². The Balaban J connectivity index is 1.36. The molecule has 1 aromatic carbocycles. The van der Waals surface area contributed by atoms with Crippen LogP contribution in [0.1, 0.15) is 30.1 Å². The molecule has 5 rings (SSSR count). The third-order valence-electron chi connectivity index (χ3n) is 5.99. The van der Waals surface area contributed by atoms with E-state index in [1.165, 1.54) is 12.1 Å². The van der Waals surface area contributed by atoms with Gasteiger partial charge in [-0.1, -0.05) is 5.16 Å². The van der Waals surface area contributed by atoms with E-state index in [9.17, 15) is 4.39 Å². The van der Waals surface area contributed by atoms with Crippen LogP contribution in [0.3, 0.4) is 0 Å². The minimum absolute atomic E-state index is 0.0905. The summed E-state index contributed by atoms with van der Waals surface area (Å²) in [6.45, 7) is 6.51. The molecule has 0 radical (unpaired) electrons. The van der Waals surface area contributed by atoms with Gasteiger partial charge >= 0.3 is 0 Å². The first kappa shape index (κ1) is 17.6. The molecule has 28 heavy (non-hydrogen) atoms. The second-order valence-electron chi connectivity index (χ2n) is 7.84. The first-order valence-corrected chi connectivity index (χ1v) is 9.84. The summed E-state index contributed by atoms with van der Waals surface area (Å²) < 4.78 is 20.8. The summed E-state index contributed by atoms with van der Waals surface area (Å²) in [6.07, 6.45) is 3.94. The Morgan fingerprint density at radius 2 is 1.96 bits per heavy atom. The van der Waals surface area contributed by atoms with Gasteiger partial charge in [-0.05, 0) is 49.6 Å². The second-order valence-corrected chi connectivity index (χ2v) is 7.84. The highest BCUT2D eigenvalue weighted by Gasteiger charge is 2.42. The molecule has 1 N–H and O–H groups in total. The zero-order valence-electron chi connectivity index (χ0n) is 16.0. The van der Waals surface area contributed by atoms with Crippen molar-refractivity contribution < 1.29 is 8.91 Å². The van der Waals surface area contributed by atoms with Crippen LogP contribution in [0.5, 0.6) is 0 Å². The van der Waals surface area contributed by atoms with Crippen molar-refractivity contribution in [1.82, 2.24) is 24.9 Å². The summed E-state index contributed by atoms with van der Waals surface area (Å²) in [5.41, 5.74) is 2.98. The molecular weight excluding hydrogens is 357 g/mol. The standard InChI is InChI=1S/C21H24FN5O/c1-15-12-18(25-28-15)14-26-9-6-21(7-10-26)20-23-13-19(27(20)11-8-24-21)16-2-4-17(22)5-3-16/h2-5,12-13,24H,6-11,14H2,1H3. The lowest BCUT2D eigenvalue weighted by molar-refractivity contribution is 0.107. The largest absolute Gasteiger partial charge is 0.361 e. The SMILES string of the molecule is Cc1cc(CN2CCC3(CC2)NCCn2c(-c4ccc(F)cc4)cnc23)no1. The monoisotopic (exact) mass is 381 g/mol. The van der Waals surface area contributed by atoms with Crippen molar-refractivity contribution in [3.8, 4) is 11.3 Å². The van der Waals surface area contributed by atoms with Crippen LogP contribution in [0.4, 0.5) is 4.39 Å². The predicted molar refractivity (Wildman–Crippen MR) is 103 cm³/mol. The molecule has 0 bridgehead atoms. The molecule has 3 aromatic rings. The number of piperidine rings is 1. The zero-order chi connectivity index (χ0) is 19.1. The van der Waals surface area contributed by atoms with Crippen molar-refractivity contribution >= 4 is 0 Å². The van der Waals surface area contributed by atoms with Crippen LogP contribution < -0.4 is 5.32 Å². The van der Waals surface area contributed by atoms with Gasteiger partial charge in [0.05, 0.1) is 23.1 Å². The molecule has 146 valence electrons. The summed E-state index contributed by atoms with van der Waals surface area (Å²) >= 11 is 0. The molecule has 0 aliphatic carbocycles. The first-order chi connectivity index (χ1) is 13.6. The van der Waals surface area contributed by atoms with E-state index in [4.69, 9.17) is 9.51 Å². The molecule has 2 aliphatic rings. The number of aryl methyl sites for hydroxylation is 1. The summed E-state index contributed by atoms with van der Waals surface area (Å²) in [7, 11) is 0. The third-order valence-corrected chi connectivity index (χ3v) is 5.99. The Morgan fingerprint density at radius 1 is 1.18 bits per heavy atom. The quantitative estimate of drug-likeness (QED) is 0.756. The summed E-state index contributed by atoms with van der Waals surface area (Å²) in [4.78, 5) is 7.23. The van der Waals surface area contributed by atoms with Gasteiger partial charge in [-0.15, -0.1) is 0 Å². The van der Waals surface area contributed by atoms with Crippen molar-refractivity contribution in [2.24, 2.45) is 0 Å². The molecule has 0 unspecified atom stereocenters. The lowest BCUT2D eigenvalue weighted by Crippen LogP contribution is -2.55. The van der Waals surface area contributed by atoms with E-state index in [0.29, 0.717) is 0 Å². The van der Waals surface area contributed by atoms with Crippen molar-refractivity contribution in [2.75, 3.05) is 19.6 Å². The smallest absolute Gasteiger partial charge is 0.133 e. The lowest BCUT2D eigenvalue weighted by atomic mass is 9.85. The van der Waals surface area contributed by atoms with Gasteiger partial charge < -0.3 is 14.4 Å². The fraction of sp³-hybridized carbons (Fsp3) is 0.429. The van der Waals surface area contributed by atoms with Gasteiger partial charge in [0.15, 0.2) is 0 Å². The Hall–Kier alpha value is -2.51. The lowest BCUT2D eigenvalue weighted by Gasteiger charge is -2.44. The number of halogens is 1. The van der Waals surface area contributed by atoms with Crippen LogP contribution in [-0.2, 0) is 18.6 Å². The second kappa shape index (κ2) is 6.83. The number of aromatic nitrogens is 3. The molecule has 0 saturated carbocycles. The van der Waals surface area contributed by atoms with E-state index in [-0.39, 0.29) is 11.4 Å². The topological polar surface area (TPSA) is 59.1 Å². The minimum atomic E-state index is -0.213. The molecule has 4 heterocycles. The number of rotatable bonds is 3. The maximum atomic E-state index is 13.3. The van der Waals surface area contributed by atoms with E-state index < -0.39 is 0 Å². The number of hydrogen-bond donors (Lipinski definition) is 1. The Bertz CT molecular complexity index is 969. The van der Waals surface area contributed by atoms with Gasteiger partial charge in [-0.2, -0.15) is 0 Å². The van der Waals surface area contributed by atoms with Crippen LogP contribution in [-0.4, -0.2) is 39.2 Å². The summed E-state index contributed by atoms with van der Waals surface area (Å²) in [6, 6.07) is 8.69. The molecule has 0 atom stereocenters. The van der Waals surface area contributed by atoms with Crippen LogP contribution >= 0.6 is 0 Å². The molecule has 2 aromatic heterocycles. The molecule has 1 spiro atoms. The van der Waals surface area contributed by atoms with Gasteiger partial charge in [0.2, 0.25) is 0 Å². The van der Waals surface area contributed by atoms with Crippen LogP contribution in [0.15, 0.2) is 41.1 Å². The highest BCUT2D eigenvalue weighted by molar-refractivity contribution is 5.59. The Kier molecular flexibility index (Phi) is 4.29. The molecule has 2 aliphatic heterocycles. The van der Waals surface area contributed by atoms with Gasteiger partial charge in [0.25, 0.3) is 0 Å². The number of benzene rings is 1. The number of fused-ring (bicyclic) bond motifs is 2. The van der Waals surface area contributed by atoms with Gasteiger partial charge in [0, 0.05) is 38.8 Å². The normalized spacial score (nSPS) is 19.1. The van der Waals surface area contributed by atoms with Crippen molar-refractivity contribution in [1.29, 1.82) is 0 Å². The molecule has 6 nitrogen and oxygen atoms in total. The average Bonchev–Trinajstić information content (AvgIpc) is 3.32. The van der Waals surface area contributed by atoms with Crippen LogP contribution in [0.2, 0.25) is 0 Å². The number of hydrogen-bond acceptors (Lipinski definition) is 5. The highest BCUT2D eigenvalue weighted by atomic mass is 19.1. The Morgan fingerprint density at radius 3 is 2.68 bits per heavy atom. The van der Waals surface area contributed by atoms with E-state index in [1.54, 1.807) is 0 Å². The summed E-state index contributed by atoms with van der Waals surface area (Å²) in [5, 5.41) is 7.87. The molecule has 1 saturated heterocycles. The first-order valence-electron chi connectivity index (χ1n) is 9.84. The fourth-order valence-electron chi connectivity index (χ4n) is 4.54. The molecule has 1 fully saturated rings. The third kappa shape index (κ3) is 3.04. The van der Waals surface area contributed by atoms with Gasteiger partial charge in [0.1, 0.15) is 17.4 Å². The maximum Gasteiger partial charge on any atom is 0.133 e. The minimum Gasteiger partial charge on any atom is -0.361 e. The number of nitrogens with zero attached hydrogens (tertiary/aromatic N) is 4. The molecule has 0 amide bonds. The zero-order valence-corrected chi connectivity index (χ0v) is 16.0. The highest BCUT2D eigenvalue weighted by Crippen LogP contribution is 2.37. The predicted octanol–water partition coefficient (Wildman–Crippen LogP) is 3.08. The molecule has 7 heteroatoms. The average molecular weight is 381 g/mol. The van der Waals surface area contributed by atoms with E-state index in [2.05, 4.69) is 19.9 Å². The van der Waals surface area contributed by atoms with Crippen LogP contribution in [0.25, 0.3) is 11.3 Å². The van der Waals surface area contributed by atoms with E-state index in [0.717, 1.165) is 74.1 Å². The Labute approximate surface area is 163 Å². The van der Waals surface area contributed by atoms with Crippen molar-refractivity contribution in [3.05, 3.63) is 59.6 Å². The summed E-state index contributed by atoms with van der Waals surface area (Å²) in [5.74, 6) is 1.75.